The molecule has 1 aliphatic rings. The van der Waals surface area contributed by atoms with Crippen LogP contribution in [0.4, 0.5) is 14.5 Å². The van der Waals surface area contributed by atoms with E-state index in [0.29, 0.717) is 18.8 Å². The highest BCUT2D eigenvalue weighted by Crippen LogP contribution is 2.26. The van der Waals surface area contributed by atoms with Gasteiger partial charge < -0.3 is 15.4 Å². The summed E-state index contributed by atoms with van der Waals surface area (Å²) in [5, 5.41) is 5.94. The van der Waals surface area contributed by atoms with Gasteiger partial charge in [0, 0.05) is 35.5 Å². The Morgan fingerprint density at radius 3 is 2.61 bits per heavy atom. The van der Waals surface area contributed by atoms with E-state index in [9.17, 15) is 13.6 Å². The van der Waals surface area contributed by atoms with Crippen LogP contribution in [0.25, 0.3) is 0 Å². The number of hydrogen-bond acceptors (Lipinski definition) is 4. The van der Waals surface area contributed by atoms with Crippen molar-refractivity contribution in [2.45, 2.75) is 38.5 Å². The highest BCUT2D eigenvalue weighted by Gasteiger charge is 2.30. The number of ether oxygens (including phenoxy) is 1. The zero-order chi connectivity index (χ0) is 20.5. The third-order valence-electron chi connectivity index (χ3n) is 5.35. The number of amides is 1. The van der Waals surface area contributed by atoms with Crippen molar-refractivity contribution in [1.29, 1.82) is 0 Å². The average molecular weight is 406 g/mol. The van der Waals surface area contributed by atoms with Crippen LogP contribution in [-0.2, 0) is 11.2 Å². The number of nitrogens with zero attached hydrogens (tertiary/aromatic N) is 1. The molecule has 3 rings (SSSR count). The highest BCUT2D eigenvalue weighted by molar-refractivity contribution is 6.89. The first-order chi connectivity index (χ1) is 13.3. The minimum absolute atomic E-state index is 0.111. The fourth-order valence-corrected chi connectivity index (χ4v) is 5.22. The highest BCUT2D eigenvalue weighted by atomic mass is 28.3. The predicted octanol–water partition coefficient (Wildman–Crippen LogP) is 3.13. The van der Waals surface area contributed by atoms with E-state index in [0.717, 1.165) is 17.3 Å². The van der Waals surface area contributed by atoms with Crippen molar-refractivity contribution in [3.05, 3.63) is 47.2 Å². The van der Waals surface area contributed by atoms with Crippen molar-refractivity contribution in [2.24, 2.45) is 0 Å². The summed E-state index contributed by atoms with van der Waals surface area (Å²) in [6, 6.07) is 5.98. The van der Waals surface area contributed by atoms with E-state index in [-0.39, 0.29) is 16.8 Å². The number of carbonyl (C=O) groups excluding carboxylic acids is 1. The molecule has 1 aliphatic heterocycles. The van der Waals surface area contributed by atoms with Crippen molar-refractivity contribution in [1.82, 2.24) is 10.3 Å². The number of anilines is 1. The van der Waals surface area contributed by atoms with Gasteiger partial charge >= 0.3 is 0 Å². The molecule has 0 aliphatic carbocycles. The molecule has 0 radical (unpaired) electrons. The van der Waals surface area contributed by atoms with Gasteiger partial charge in [-0.15, -0.1) is 0 Å². The van der Waals surface area contributed by atoms with Gasteiger partial charge in [0.05, 0.1) is 20.9 Å². The molecule has 2 aromatic rings. The Bertz CT molecular complexity index is 882. The number of hydrogen-bond donors (Lipinski definition) is 2. The third-order valence-corrected chi connectivity index (χ3v) is 8.95. The molecule has 2 N–H and O–H groups in total. The maximum absolute atomic E-state index is 14.6. The third kappa shape index (κ3) is 3.93. The van der Waals surface area contributed by atoms with Crippen molar-refractivity contribution >= 4 is 24.9 Å². The Morgan fingerprint density at radius 1 is 1.32 bits per heavy atom. The molecule has 2 heterocycles. The van der Waals surface area contributed by atoms with Crippen LogP contribution in [0.5, 0.6) is 5.88 Å². The lowest BCUT2D eigenvalue weighted by atomic mass is 9.98. The molecule has 0 saturated carbocycles. The lowest BCUT2D eigenvalue weighted by Crippen LogP contribution is -2.45. The number of carbonyl (C=O) groups is 1. The number of rotatable bonds is 5. The summed E-state index contributed by atoms with van der Waals surface area (Å²) < 4.78 is 34.4. The molecule has 0 spiro atoms. The molecule has 8 heteroatoms. The van der Waals surface area contributed by atoms with Crippen molar-refractivity contribution in [3.63, 3.8) is 0 Å². The second-order valence-corrected chi connectivity index (χ2v) is 12.5. The lowest BCUT2D eigenvalue weighted by molar-refractivity contribution is -0.118. The predicted molar refractivity (Wildman–Crippen MR) is 108 cm³/mol. The summed E-state index contributed by atoms with van der Waals surface area (Å²) in [5.41, 5.74) is 1.63. The molecule has 1 aromatic carbocycles. The molecule has 1 aromatic heterocycles. The molecule has 0 saturated heterocycles. The number of methoxy groups -OCH3 is 1. The molecule has 0 bridgehead atoms. The van der Waals surface area contributed by atoms with Crippen molar-refractivity contribution < 1.29 is 18.3 Å². The van der Waals surface area contributed by atoms with E-state index in [1.165, 1.54) is 19.2 Å². The number of benzene rings is 1. The topological polar surface area (TPSA) is 63.2 Å². The molecular formula is C20H25F2N3O2Si. The minimum atomic E-state index is -2.19. The molecular weight excluding hydrogens is 380 g/mol. The first-order valence-corrected chi connectivity index (χ1v) is 12.5. The van der Waals surface area contributed by atoms with Crippen LogP contribution < -0.4 is 20.6 Å². The quantitative estimate of drug-likeness (QED) is 0.751. The summed E-state index contributed by atoms with van der Waals surface area (Å²) in [4.78, 5) is 17.2. The van der Waals surface area contributed by atoms with Gasteiger partial charge in [0.2, 0.25) is 11.8 Å². The van der Waals surface area contributed by atoms with Gasteiger partial charge in [0.25, 0.3) is 0 Å². The summed E-state index contributed by atoms with van der Waals surface area (Å²) in [5.74, 6) is -1.09. The fourth-order valence-electron chi connectivity index (χ4n) is 3.43. The molecule has 1 unspecified atom stereocenters. The van der Waals surface area contributed by atoms with E-state index >= 15 is 0 Å². The Kier molecular flexibility index (Phi) is 5.81. The van der Waals surface area contributed by atoms with E-state index < -0.39 is 25.8 Å². The number of fused-ring (bicyclic) bond motifs is 1. The van der Waals surface area contributed by atoms with Gasteiger partial charge in [0.1, 0.15) is 17.7 Å². The maximum atomic E-state index is 14.6. The van der Waals surface area contributed by atoms with Crippen LogP contribution >= 0.6 is 0 Å². The number of aromatic nitrogens is 1. The summed E-state index contributed by atoms with van der Waals surface area (Å²) in [6.07, 6.45) is 0.672. The molecule has 150 valence electrons. The Balaban J connectivity index is 1.85. The van der Waals surface area contributed by atoms with Crippen LogP contribution in [0.1, 0.15) is 24.2 Å². The Labute approximate surface area is 164 Å². The van der Waals surface area contributed by atoms with E-state index in [2.05, 4.69) is 15.6 Å². The van der Waals surface area contributed by atoms with Gasteiger partial charge in [-0.05, 0) is 18.2 Å². The Hall–Kier alpha value is -2.32. The zero-order valence-electron chi connectivity index (χ0n) is 16.5. The second-order valence-electron chi connectivity index (χ2n) is 7.57. The monoisotopic (exact) mass is 405 g/mol. The lowest BCUT2D eigenvalue weighted by Gasteiger charge is -2.26. The first kappa shape index (κ1) is 20.4. The number of halogens is 2. The van der Waals surface area contributed by atoms with E-state index in [1.807, 2.05) is 20.0 Å². The van der Waals surface area contributed by atoms with Gasteiger partial charge in [-0.25, -0.2) is 13.8 Å². The minimum Gasteiger partial charge on any atom is -0.481 e. The van der Waals surface area contributed by atoms with Crippen molar-refractivity contribution in [3.8, 4) is 5.88 Å². The smallest absolute Gasteiger partial charge is 0.246 e. The SMILES string of the molecule is CC[Si](C)(C)c1c(F)cc(NC(=O)C2NCCc3nc(OC)ccc32)cc1F. The molecule has 1 atom stereocenters. The summed E-state index contributed by atoms with van der Waals surface area (Å²) >= 11 is 0. The van der Waals surface area contributed by atoms with Crippen LogP contribution in [0, 0.1) is 11.6 Å². The van der Waals surface area contributed by atoms with Crippen molar-refractivity contribution in [2.75, 3.05) is 19.0 Å². The van der Waals surface area contributed by atoms with Gasteiger partial charge in [0.15, 0.2) is 0 Å². The summed E-state index contributed by atoms with van der Waals surface area (Å²) in [6.45, 7) is 6.37. The standard InChI is InChI=1S/C20H25F2N3O2Si/c1-5-28(3,4)19-14(21)10-12(11-15(19)22)24-20(26)18-13-6-7-17(27-2)25-16(13)8-9-23-18/h6-7,10-11,18,23H,5,8-9H2,1-4H3,(H,24,26). The van der Waals surface area contributed by atoms with Crippen LogP contribution in [0.15, 0.2) is 24.3 Å². The molecule has 0 fully saturated rings. The van der Waals surface area contributed by atoms with E-state index in [4.69, 9.17) is 4.74 Å². The molecule has 5 nitrogen and oxygen atoms in total. The Morgan fingerprint density at radius 2 is 2.00 bits per heavy atom. The van der Waals surface area contributed by atoms with Crippen LogP contribution in [0.2, 0.25) is 19.1 Å². The number of pyridine rings is 1. The van der Waals surface area contributed by atoms with E-state index in [1.54, 1.807) is 12.1 Å². The normalized spacial score (nSPS) is 16.4. The van der Waals surface area contributed by atoms with Crippen LogP contribution in [-0.4, -0.2) is 32.6 Å². The number of nitrogens with one attached hydrogen (secondary N) is 2. The summed E-state index contributed by atoms with van der Waals surface area (Å²) in [7, 11) is -0.652. The molecule has 1 amide bonds. The van der Waals surface area contributed by atoms with Gasteiger partial charge in [-0.3, -0.25) is 4.79 Å². The fraction of sp³-hybridized carbons (Fsp3) is 0.400. The average Bonchev–Trinajstić information content (AvgIpc) is 2.66. The molecule has 28 heavy (non-hydrogen) atoms. The van der Waals surface area contributed by atoms with Gasteiger partial charge in [-0.1, -0.05) is 26.1 Å². The zero-order valence-corrected chi connectivity index (χ0v) is 17.5. The largest absolute Gasteiger partial charge is 0.481 e. The van der Waals surface area contributed by atoms with Crippen LogP contribution in [0.3, 0.4) is 0 Å². The second kappa shape index (κ2) is 7.96. The maximum Gasteiger partial charge on any atom is 0.246 e. The first-order valence-electron chi connectivity index (χ1n) is 9.34. The van der Waals surface area contributed by atoms with Gasteiger partial charge in [-0.2, -0.15) is 0 Å².